The SMILES string of the molecule is Cc1nccn1-c1ccc(C2(C(C)N)CC2)cc1F. The van der Waals surface area contributed by atoms with Gasteiger partial charge < -0.3 is 10.3 Å². The Hall–Kier alpha value is -1.68. The van der Waals surface area contributed by atoms with Crippen molar-refractivity contribution in [3.05, 3.63) is 47.8 Å². The molecule has 1 atom stereocenters. The van der Waals surface area contributed by atoms with E-state index in [1.807, 2.05) is 26.0 Å². The number of hydrogen-bond donors (Lipinski definition) is 1. The molecular weight excluding hydrogens is 241 g/mol. The highest BCUT2D eigenvalue weighted by Crippen LogP contribution is 2.50. The van der Waals surface area contributed by atoms with Crippen LogP contribution in [-0.4, -0.2) is 15.6 Å². The van der Waals surface area contributed by atoms with Gasteiger partial charge in [-0.05, 0) is 44.4 Å². The van der Waals surface area contributed by atoms with Crippen LogP contribution in [0.15, 0.2) is 30.6 Å². The second kappa shape index (κ2) is 4.17. The number of aromatic nitrogens is 2. The van der Waals surface area contributed by atoms with E-state index in [9.17, 15) is 4.39 Å². The second-order valence-corrected chi connectivity index (χ2v) is 5.46. The average Bonchev–Trinajstić information content (AvgIpc) is 3.08. The van der Waals surface area contributed by atoms with E-state index in [1.54, 1.807) is 23.0 Å². The highest BCUT2D eigenvalue weighted by atomic mass is 19.1. The minimum absolute atomic E-state index is 0.0106. The van der Waals surface area contributed by atoms with Crippen molar-refractivity contribution in [2.45, 2.75) is 38.1 Å². The normalized spacial score (nSPS) is 18.3. The minimum Gasteiger partial charge on any atom is -0.327 e. The van der Waals surface area contributed by atoms with Crippen molar-refractivity contribution in [1.82, 2.24) is 9.55 Å². The zero-order valence-corrected chi connectivity index (χ0v) is 11.2. The summed E-state index contributed by atoms with van der Waals surface area (Å²) in [6.45, 7) is 3.86. The van der Waals surface area contributed by atoms with Gasteiger partial charge in [0.05, 0.1) is 5.69 Å². The van der Waals surface area contributed by atoms with E-state index in [1.165, 1.54) is 0 Å². The Kier molecular flexibility index (Phi) is 2.71. The Morgan fingerprint density at radius 2 is 2.16 bits per heavy atom. The first-order chi connectivity index (χ1) is 9.04. The van der Waals surface area contributed by atoms with Crippen LogP contribution in [0.1, 0.15) is 31.2 Å². The van der Waals surface area contributed by atoms with Crippen LogP contribution in [-0.2, 0) is 5.41 Å². The highest BCUT2D eigenvalue weighted by Gasteiger charge is 2.47. The maximum absolute atomic E-state index is 14.3. The predicted molar refractivity (Wildman–Crippen MR) is 72.8 cm³/mol. The van der Waals surface area contributed by atoms with Crippen LogP contribution in [0.4, 0.5) is 4.39 Å². The summed E-state index contributed by atoms with van der Waals surface area (Å²) in [6.07, 6.45) is 5.54. The maximum atomic E-state index is 14.3. The Morgan fingerprint density at radius 3 is 2.63 bits per heavy atom. The quantitative estimate of drug-likeness (QED) is 0.921. The van der Waals surface area contributed by atoms with Gasteiger partial charge in [0.2, 0.25) is 0 Å². The van der Waals surface area contributed by atoms with Crippen molar-refractivity contribution in [3.63, 3.8) is 0 Å². The molecule has 0 radical (unpaired) electrons. The number of nitrogens with two attached hydrogens (primary N) is 1. The molecule has 0 bridgehead atoms. The van der Waals surface area contributed by atoms with E-state index < -0.39 is 0 Å². The fourth-order valence-corrected chi connectivity index (χ4v) is 2.79. The van der Waals surface area contributed by atoms with Crippen molar-refractivity contribution in [2.75, 3.05) is 0 Å². The molecule has 1 unspecified atom stereocenters. The standard InChI is InChI=1S/C15H18FN3/c1-10(17)15(5-6-15)12-3-4-14(13(16)9-12)19-8-7-18-11(19)2/h3-4,7-10H,5-6,17H2,1-2H3. The number of nitrogens with zero attached hydrogens (tertiary/aromatic N) is 2. The Bertz CT molecular complexity index is 612. The molecule has 1 aromatic heterocycles. The smallest absolute Gasteiger partial charge is 0.147 e. The van der Waals surface area contributed by atoms with Gasteiger partial charge in [0, 0.05) is 23.9 Å². The van der Waals surface area contributed by atoms with Gasteiger partial charge in [-0.3, -0.25) is 0 Å². The van der Waals surface area contributed by atoms with Crippen LogP contribution in [0.2, 0.25) is 0 Å². The molecule has 3 nitrogen and oxygen atoms in total. The summed E-state index contributed by atoms with van der Waals surface area (Å²) < 4.78 is 16.1. The summed E-state index contributed by atoms with van der Waals surface area (Å²) in [6, 6.07) is 5.51. The van der Waals surface area contributed by atoms with Gasteiger partial charge in [-0.1, -0.05) is 6.07 Å². The molecule has 0 aliphatic heterocycles. The molecule has 1 saturated carbocycles. The van der Waals surface area contributed by atoms with Crippen molar-refractivity contribution >= 4 is 0 Å². The Morgan fingerprint density at radius 1 is 1.42 bits per heavy atom. The van der Waals surface area contributed by atoms with Crippen LogP contribution < -0.4 is 5.73 Å². The lowest BCUT2D eigenvalue weighted by molar-refractivity contribution is 0.547. The molecule has 1 fully saturated rings. The molecule has 3 rings (SSSR count). The van der Waals surface area contributed by atoms with E-state index in [-0.39, 0.29) is 17.3 Å². The van der Waals surface area contributed by atoms with Gasteiger partial charge in [0.25, 0.3) is 0 Å². The summed E-state index contributed by atoms with van der Waals surface area (Å²) in [5.74, 6) is 0.561. The number of hydrogen-bond acceptors (Lipinski definition) is 2. The molecule has 100 valence electrons. The van der Waals surface area contributed by atoms with Gasteiger partial charge in [-0.25, -0.2) is 9.37 Å². The first kappa shape index (κ1) is 12.4. The van der Waals surface area contributed by atoms with Crippen molar-refractivity contribution in [1.29, 1.82) is 0 Å². The van der Waals surface area contributed by atoms with Crippen LogP contribution in [0.25, 0.3) is 5.69 Å². The number of benzene rings is 1. The van der Waals surface area contributed by atoms with E-state index in [2.05, 4.69) is 4.98 Å². The fourth-order valence-electron chi connectivity index (χ4n) is 2.79. The summed E-state index contributed by atoms with van der Waals surface area (Å²) in [7, 11) is 0. The Labute approximate surface area is 112 Å². The highest BCUT2D eigenvalue weighted by molar-refractivity contribution is 5.43. The predicted octanol–water partition coefficient (Wildman–Crippen LogP) is 2.70. The van der Waals surface area contributed by atoms with Crippen LogP contribution in [0.3, 0.4) is 0 Å². The van der Waals surface area contributed by atoms with E-state index >= 15 is 0 Å². The first-order valence-corrected chi connectivity index (χ1v) is 6.60. The molecule has 1 aromatic carbocycles. The number of halogens is 1. The fraction of sp³-hybridized carbons (Fsp3) is 0.400. The third-order valence-corrected chi connectivity index (χ3v) is 4.27. The molecule has 2 aromatic rings. The van der Waals surface area contributed by atoms with Gasteiger partial charge in [0.15, 0.2) is 0 Å². The van der Waals surface area contributed by atoms with E-state index in [0.717, 1.165) is 24.2 Å². The van der Waals surface area contributed by atoms with Gasteiger partial charge in [0.1, 0.15) is 11.6 Å². The molecule has 4 heteroatoms. The lowest BCUT2D eigenvalue weighted by atomic mass is 9.89. The third kappa shape index (κ3) is 1.87. The maximum Gasteiger partial charge on any atom is 0.147 e. The second-order valence-electron chi connectivity index (χ2n) is 5.46. The monoisotopic (exact) mass is 259 g/mol. The average molecular weight is 259 g/mol. The third-order valence-electron chi connectivity index (χ3n) is 4.27. The summed E-state index contributed by atoms with van der Waals surface area (Å²) in [5.41, 5.74) is 7.58. The van der Waals surface area contributed by atoms with Crippen LogP contribution >= 0.6 is 0 Å². The molecule has 2 N–H and O–H groups in total. The first-order valence-electron chi connectivity index (χ1n) is 6.60. The molecule has 0 saturated heterocycles. The molecule has 1 aliphatic rings. The number of aryl methyl sites for hydroxylation is 1. The lowest BCUT2D eigenvalue weighted by Gasteiger charge is -2.21. The van der Waals surface area contributed by atoms with Crippen LogP contribution in [0, 0.1) is 12.7 Å². The Balaban J connectivity index is 2.02. The van der Waals surface area contributed by atoms with Gasteiger partial charge >= 0.3 is 0 Å². The molecule has 0 spiro atoms. The van der Waals surface area contributed by atoms with E-state index in [0.29, 0.717) is 5.69 Å². The topological polar surface area (TPSA) is 43.8 Å². The molecule has 1 aliphatic carbocycles. The minimum atomic E-state index is -0.217. The van der Waals surface area contributed by atoms with Gasteiger partial charge in [-0.15, -0.1) is 0 Å². The van der Waals surface area contributed by atoms with E-state index in [4.69, 9.17) is 5.73 Å². The molecule has 19 heavy (non-hydrogen) atoms. The molecule has 0 amide bonds. The summed E-state index contributed by atoms with van der Waals surface area (Å²) in [5, 5.41) is 0. The van der Waals surface area contributed by atoms with Crippen molar-refractivity contribution in [3.8, 4) is 5.69 Å². The zero-order valence-electron chi connectivity index (χ0n) is 11.2. The molecule has 1 heterocycles. The number of imidazole rings is 1. The van der Waals surface area contributed by atoms with Crippen molar-refractivity contribution in [2.24, 2.45) is 5.73 Å². The lowest BCUT2D eigenvalue weighted by Crippen LogP contribution is -2.31. The largest absolute Gasteiger partial charge is 0.327 e. The summed E-state index contributed by atoms with van der Waals surface area (Å²) >= 11 is 0. The molecular formula is C15H18FN3. The van der Waals surface area contributed by atoms with Crippen LogP contribution in [0.5, 0.6) is 0 Å². The summed E-state index contributed by atoms with van der Waals surface area (Å²) in [4.78, 5) is 4.12. The van der Waals surface area contributed by atoms with Gasteiger partial charge in [-0.2, -0.15) is 0 Å². The zero-order chi connectivity index (χ0) is 13.6. The number of rotatable bonds is 3. The van der Waals surface area contributed by atoms with Crippen molar-refractivity contribution < 1.29 is 4.39 Å².